The van der Waals surface area contributed by atoms with Gasteiger partial charge in [0, 0.05) is 6.42 Å². The van der Waals surface area contributed by atoms with Crippen LogP contribution in [0.3, 0.4) is 0 Å². The monoisotopic (exact) mass is 140 g/mol. The highest BCUT2D eigenvalue weighted by atomic mass is 19.2. The second kappa shape index (κ2) is 4.05. The first kappa shape index (κ1) is 8.13. The Morgan fingerprint density at radius 2 is 2.33 bits per heavy atom. The third-order valence-electron chi connectivity index (χ3n) is 0.565. The number of rotatable bonds is 3. The van der Waals surface area contributed by atoms with Crippen molar-refractivity contribution in [3.8, 4) is 0 Å². The summed E-state index contributed by atoms with van der Waals surface area (Å²) in [6, 6.07) is 0. The summed E-state index contributed by atoms with van der Waals surface area (Å²) < 4.78 is 26.5. The summed E-state index contributed by atoms with van der Waals surface area (Å²) in [5.41, 5.74) is 0. The Kier molecular flexibility index (Phi) is 3.66. The highest BCUT2D eigenvalue weighted by Gasteiger charge is 2.09. The van der Waals surface area contributed by atoms with E-state index in [0.29, 0.717) is 0 Å². The summed E-state index contributed by atoms with van der Waals surface area (Å²) in [7, 11) is 0. The molecule has 0 spiro atoms. The van der Waals surface area contributed by atoms with Crippen molar-refractivity contribution in [2.45, 2.75) is 12.8 Å². The number of hydrogen-bond acceptors (Lipinski definition) is 2. The number of ether oxygens (including phenoxy) is 1. The lowest BCUT2D eigenvalue weighted by Gasteiger charge is -2.01. The van der Waals surface area contributed by atoms with E-state index in [0.717, 1.165) is 0 Å². The quantitative estimate of drug-likeness (QED) is 0.601. The van der Waals surface area contributed by atoms with Crippen LogP contribution in [0.2, 0.25) is 0 Å². The highest BCUT2D eigenvalue weighted by Crippen LogP contribution is 1.99. The topological polar surface area (TPSA) is 46.5 Å². The van der Waals surface area contributed by atoms with E-state index in [4.69, 9.17) is 5.11 Å². The molecule has 0 radical (unpaired) electrons. The molecule has 0 aromatic carbocycles. The lowest BCUT2D eigenvalue weighted by atomic mass is 10.5. The molecule has 0 amide bonds. The summed E-state index contributed by atoms with van der Waals surface area (Å²) in [6.07, 6.45) is -4.30. The predicted molar refractivity (Wildman–Crippen MR) is 24.6 cm³/mol. The molecule has 0 fully saturated rings. The Bertz CT molecular complexity index is 95.8. The van der Waals surface area contributed by atoms with Gasteiger partial charge in [0.25, 0.3) is 0 Å². The van der Waals surface area contributed by atoms with Crippen LogP contribution in [0.1, 0.15) is 6.42 Å². The molecule has 0 aliphatic carbocycles. The fourth-order valence-corrected chi connectivity index (χ4v) is 0.254. The zero-order chi connectivity index (χ0) is 7.28. The molecule has 0 rings (SSSR count). The molecule has 0 heterocycles. The minimum Gasteiger partial charge on any atom is -0.450 e. The third-order valence-corrected chi connectivity index (χ3v) is 0.565. The van der Waals surface area contributed by atoms with Gasteiger partial charge < -0.3 is 9.84 Å². The Labute approximate surface area is 50.2 Å². The summed E-state index contributed by atoms with van der Waals surface area (Å²) in [6.45, 7) is -0.922. The van der Waals surface area contributed by atoms with Crippen molar-refractivity contribution in [1.29, 1.82) is 0 Å². The van der Waals surface area contributed by atoms with Crippen LogP contribution in [0.5, 0.6) is 0 Å². The van der Waals surface area contributed by atoms with Crippen LogP contribution < -0.4 is 0 Å². The molecule has 1 atom stereocenters. The van der Waals surface area contributed by atoms with Gasteiger partial charge in [-0.05, 0) is 0 Å². The van der Waals surface area contributed by atoms with Gasteiger partial charge in [-0.2, -0.15) is 0 Å². The maximum atomic E-state index is 11.8. The average molecular weight is 140 g/mol. The predicted octanol–water partition coefficient (Wildman–Crippen LogP) is 1.34. The maximum Gasteiger partial charge on any atom is 0.508 e. The Morgan fingerprint density at radius 1 is 1.78 bits per heavy atom. The first-order valence-electron chi connectivity index (χ1n) is 2.26. The van der Waals surface area contributed by atoms with Crippen LogP contribution in [0, 0.1) is 0 Å². The van der Waals surface area contributed by atoms with Gasteiger partial charge in [0.1, 0.15) is 0 Å². The van der Waals surface area contributed by atoms with Crippen molar-refractivity contribution in [2.24, 2.45) is 0 Å². The minimum absolute atomic E-state index is 0.535. The standard InChI is InChI=1S/C4H6F2O3/c5-2-1-3(6)9-4(7)8/h3H,1-2H2,(H,7,8). The van der Waals surface area contributed by atoms with Crippen LogP contribution in [0.4, 0.5) is 13.6 Å². The Morgan fingerprint density at radius 3 is 2.67 bits per heavy atom. The van der Waals surface area contributed by atoms with Crippen molar-refractivity contribution < 1.29 is 23.4 Å². The number of hydrogen-bond donors (Lipinski definition) is 1. The van der Waals surface area contributed by atoms with Crippen molar-refractivity contribution >= 4 is 6.16 Å². The Balaban J connectivity index is 3.26. The normalized spacial score (nSPS) is 12.7. The molecule has 9 heavy (non-hydrogen) atoms. The number of carboxylic acid groups (broad SMARTS) is 1. The highest BCUT2D eigenvalue weighted by molar-refractivity contribution is 5.56. The van der Waals surface area contributed by atoms with E-state index < -0.39 is 25.6 Å². The second-order valence-corrected chi connectivity index (χ2v) is 1.27. The molecule has 1 N–H and O–H groups in total. The molecule has 0 saturated carbocycles. The van der Waals surface area contributed by atoms with E-state index in [1.165, 1.54) is 0 Å². The fourth-order valence-electron chi connectivity index (χ4n) is 0.254. The van der Waals surface area contributed by atoms with Gasteiger partial charge in [-0.15, -0.1) is 0 Å². The molecule has 54 valence electrons. The van der Waals surface area contributed by atoms with Gasteiger partial charge in [-0.3, -0.25) is 4.39 Å². The molecule has 3 nitrogen and oxygen atoms in total. The number of halogens is 2. The van der Waals surface area contributed by atoms with Crippen LogP contribution in [-0.2, 0) is 4.74 Å². The number of carbonyl (C=O) groups is 1. The SMILES string of the molecule is O=C(O)OC(F)CCF. The summed E-state index contributed by atoms with van der Waals surface area (Å²) >= 11 is 0. The minimum atomic E-state index is -2.03. The molecule has 5 heteroatoms. The zero-order valence-corrected chi connectivity index (χ0v) is 4.51. The summed E-state index contributed by atoms with van der Waals surface area (Å²) in [4.78, 5) is 9.50. The van der Waals surface area contributed by atoms with Gasteiger partial charge in [-0.25, -0.2) is 9.18 Å². The zero-order valence-electron chi connectivity index (χ0n) is 4.51. The molecule has 1 unspecified atom stereocenters. The van der Waals surface area contributed by atoms with Crippen molar-refractivity contribution in [1.82, 2.24) is 0 Å². The Hall–Kier alpha value is -0.870. The molecular weight excluding hydrogens is 134 g/mol. The van der Waals surface area contributed by atoms with Gasteiger partial charge in [0.2, 0.25) is 6.36 Å². The average Bonchev–Trinajstić information content (AvgIpc) is 1.63. The lowest BCUT2D eigenvalue weighted by molar-refractivity contribution is -0.0217. The largest absolute Gasteiger partial charge is 0.508 e. The third kappa shape index (κ3) is 4.99. The molecular formula is C4H6F2O3. The summed E-state index contributed by atoms with van der Waals surface area (Å²) in [5, 5.41) is 7.73. The van der Waals surface area contributed by atoms with E-state index in [1.54, 1.807) is 0 Å². The number of alkyl halides is 2. The molecule has 0 aliphatic rings. The molecule has 0 bridgehead atoms. The molecule has 0 aliphatic heterocycles. The van der Waals surface area contributed by atoms with E-state index >= 15 is 0 Å². The van der Waals surface area contributed by atoms with Gasteiger partial charge in [0.05, 0.1) is 6.67 Å². The summed E-state index contributed by atoms with van der Waals surface area (Å²) in [5.74, 6) is 0. The lowest BCUT2D eigenvalue weighted by Crippen LogP contribution is -2.11. The van der Waals surface area contributed by atoms with Crippen LogP contribution >= 0.6 is 0 Å². The second-order valence-electron chi connectivity index (χ2n) is 1.27. The van der Waals surface area contributed by atoms with Crippen LogP contribution in [0.15, 0.2) is 0 Å². The van der Waals surface area contributed by atoms with Gasteiger partial charge >= 0.3 is 6.16 Å². The van der Waals surface area contributed by atoms with Gasteiger partial charge in [0.15, 0.2) is 0 Å². The molecule has 0 aromatic rings. The van der Waals surface area contributed by atoms with Crippen LogP contribution in [0.25, 0.3) is 0 Å². The van der Waals surface area contributed by atoms with Crippen molar-refractivity contribution in [3.05, 3.63) is 0 Å². The van der Waals surface area contributed by atoms with Gasteiger partial charge in [-0.1, -0.05) is 0 Å². The van der Waals surface area contributed by atoms with Crippen LogP contribution in [-0.4, -0.2) is 24.3 Å². The first-order chi connectivity index (χ1) is 4.16. The molecule has 0 aromatic heterocycles. The van der Waals surface area contributed by atoms with E-state index in [-0.39, 0.29) is 0 Å². The van der Waals surface area contributed by atoms with E-state index in [1.807, 2.05) is 0 Å². The van der Waals surface area contributed by atoms with Crippen molar-refractivity contribution in [3.63, 3.8) is 0 Å². The maximum absolute atomic E-state index is 11.8. The molecule has 0 saturated heterocycles. The fraction of sp³-hybridized carbons (Fsp3) is 0.750. The van der Waals surface area contributed by atoms with Crippen molar-refractivity contribution in [2.75, 3.05) is 6.67 Å². The van der Waals surface area contributed by atoms with E-state index in [2.05, 4.69) is 4.74 Å². The first-order valence-corrected chi connectivity index (χ1v) is 2.26. The van der Waals surface area contributed by atoms with E-state index in [9.17, 15) is 13.6 Å². The smallest absolute Gasteiger partial charge is 0.450 e.